The van der Waals surface area contributed by atoms with E-state index in [2.05, 4.69) is 24.0 Å². The van der Waals surface area contributed by atoms with Crippen molar-refractivity contribution in [3.8, 4) is 0 Å². The Bertz CT molecular complexity index is 435. The second-order valence-corrected chi connectivity index (χ2v) is 6.85. The van der Waals surface area contributed by atoms with Gasteiger partial charge < -0.3 is 10.5 Å². The van der Waals surface area contributed by atoms with Crippen molar-refractivity contribution in [2.24, 2.45) is 11.7 Å². The number of rotatable bonds is 6. The van der Waals surface area contributed by atoms with Gasteiger partial charge in [-0.3, -0.25) is 4.90 Å². The Balaban J connectivity index is 2.06. The minimum absolute atomic E-state index is 0.000239. The molecule has 0 amide bonds. The summed E-state index contributed by atoms with van der Waals surface area (Å²) >= 11 is 5.97. The standard InChI is InChI=1S/C17H27ClN2O/c1-17(13-19,10-14-5-7-16(18)8-6-14)20-9-3-4-15(11-20)12-21-2/h5-8,15H,3-4,9-13,19H2,1-2H3. The van der Waals surface area contributed by atoms with Crippen molar-refractivity contribution in [1.29, 1.82) is 0 Å². The van der Waals surface area contributed by atoms with Gasteiger partial charge in [-0.2, -0.15) is 0 Å². The first-order chi connectivity index (χ1) is 10.1. The molecule has 0 aliphatic carbocycles. The number of piperidine rings is 1. The summed E-state index contributed by atoms with van der Waals surface area (Å²) < 4.78 is 5.33. The van der Waals surface area contributed by atoms with Crippen LogP contribution in [0.5, 0.6) is 0 Å². The first kappa shape index (κ1) is 16.8. The average molecular weight is 311 g/mol. The average Bonchev–Trinajstić information content (AvgIpc) is 2.50. The molecular formula is C17H27ClN2O. The third-order valence-electron chi connectivity index (χ3n) is 4.62. The summed E-state index contributed by atoms with van der Waals surface area (Å²) in [5.74, 6) is 0.625. The number of hydrogen-bond acceptors (Lipinski definition) is 3. The van der Waals surface area contributed by atoms with Gasteiger partial charge in [0.05, 0.1) is 6.61 Å². The van der Waals surface area contributed by atoms with E-state index in [0.29, 0.717) is 12.5 Å². The summed E-state index contributed by atoms with van der Waals surface area (Å²) in [7, 11) is 1.79. The highest BCUT2D eigenvalue weighted by Gasteiger charge is 2.34. The van der Waals surface area contributed by atoms with Crippen molar-refractivity contribution < 1.29 is 4.74 Å². The van der Waals surface area contributed by atoms with Crippen molar-refractivity contribution in [2.75, 3.05) is 33.4 Å². The molecule has 2 unspecified atom stereocenters. The highest BCUT2D eigenvalue weighted by Crippen LogP contribution is 2.27. The molecule has 0 aromatic heterocycles. The van der Waals surface area contributed by atoms with Crippen molar-refractivity contribution in [2.45, 2.75) is 31.7 Å². The van der Waals surface area contributed by atoms with Crippen LogP contribution in [0.1, 0.15) is 25.3 Å². The van der Waals surface area contributed by atoms with Gasteiger partial charge in [-0.1, -0.05) is 23.7 Å². The molecule has 21 heavy (non-hydrogen) atoms. The van der Waals surface area contributed by atoms with Crippen molar-refractivity contribution in [3.63, 3.8) is 0 Å². The largest absolute Gasteiger partial charge is 0.384 e. The van der Waals surface area contributed by atoms with Crippen LogP contribution in [-0.4, -0.2) is 43.8 Å². The Kier molecular flexibility index (Phi) is 6.06. The Labute approximate surface area is 133 Å². The second-order valence-electron chi connectivity index (χ2n) is 6.41. The number of hydrogen-bond donors (Lipinski definition) is 1. The van der Waals surface area contributed by atoms with E-state index >= 15 is 0 Å². The van der Waals surface area contributed by atoms with E-state index < -0.39 is 0 Å². The second kappa shape index (κ2) is 7.59. The molecule has 1 aromatic carbocycles. The quantitative estimate of drug-likeness (QED) is 0.878. The van der Waals surface area contributed by atoms with Gasteiger partial charge in [0.25, 0.3) is 0 Å². The number of benzene rings is 1. The molecule has 1 aliphatic rings. The lowest BCUT2D eigenvalue weighted by atomic mass is 9.87. The Hall–Kier alpha value is -0.610. The van der Waals surface area contributed by atoms with Gasteiger partial charge in [0.15, 0.2) is 0 Å². The lowest BCUT2D eigenvalue weighted by Gasteiger charge is -2.45. The summed E-state index contributed by atoms with van der Waals surface area (Å²) in [5, 5.41) is 0.784. The van der Waals surface area contributed by atoms with Crippen LogP contribution in [0.2, 0.25) is 5.02 Å². The molecule has 1 saturated heterocycles. The Morgan fingerprint density at radius 2 is 2.10 bits per heavy atom. The molecule has 0 bridgehead atoms. The Morgan fingerprint density at radius 1 is 1.38 bits per heavy atom. The van der Waals surface area contributed by atoms with Crippen molar-refractivity contribution >= 4 is 11.6 Å². The van der Waals surface area contributed by atoms with E-state index in [0.717, 1.165) is 31.1 Å². The molecule has 118 valence electrons. The highest BCUT2D eigenvalue weighted by atomic mass is 35.5. The van der Waals surface area contributed by atoms with Gasteiger partial charge in [0.2, 0.25) is 0 Å². The maximum atomic E-state index is 6.14. The highest BCUT2D eigenvalue weighted by molar-refractivity contribution is 6.30. The molecule has 0 radical (unpaired) electrons. The molecule has 0 spiro atoms. The predicted octanol–water partition coefficient (Wildman–Crippen LogP) is 2.96. The van der Waals surface area contributed by atoms with Crippen LogP contribution in [0.4, 0.5) is 0 Å². The van der Waals surface area contributed by atoms with Crippen molar-refractivity contribution in [3.05, 3.63) is 34.9 Å². The first-order valence-electron chi connectivity index (χ1n) is 7.76. The van der Waals surface area contributed by atoms with Gasteiger partial charge in [0, 0.05) is 30.8 Å². The lowest BCUT2D eigenvalue weighted by molar-refractivity contribution is 0.0308. The van der Waals surface area contributed by atoms with Crippen LogP contribution < -0.4 is 5.73 Å². The molecule has 1 aromatic rings. The van der Waals surface area contributed by atoms with Crippen molar-refractivity contribution in [1.82, 2.24) is 4.90 Å². The minimum Gasteiger partial charge on any atom is -0.384 e. The number of nitrogens with zero attached hydrogens (tertiary/aromatic N) is 1. The van der Waals surface area contributed by atoms with Gasteiger partial charge in [-0.15, -0.1) is 0 Å². The molecule has 1 fully saturated rings. The van der Waals surface area contributed by atoms with E-state index in [1.807, 2.05) is 12.1 Å². The zero-order valence-corrected chi connectivity index (χ0v) is 13.9. The van der Waals surface area contributed by atoms with Crippen LogP contribution in [0.15, 0.2) is 24.3 Å². The first-order valence-corrected chi connectivity index (χ1v) is 8.13. The van der Waals surface area contributed by atoms with Gasteiger partial charge in [-0.25, -0.2) is 0 Å². The molecule has 3 nitrogen and oxygen atoms in total. The van der Waals surface area contributed by atoms with E-state index in [1.165, 1.54) is 18.4 Å². The van der Waals surface area contributed by atoms with E-state index in [1.54, 1.807) is 7.11 Å². The van der Waals surface area contributed by atoms with E-state index in [9.17, 15) is 0 Å². The van der Waals surface area contributed by atoms with Crippen LogP contribution in [0.3, 0.4) is 0 Å². The topological polar surface area (TPSA) is 38.5 Å². The third kappa shape index (κ3) is 4.43. The summed E-state index contributed by atoms with van der Waals surface area (Å²) in [6, 6.07) is 8.12. The zero-order chi connectivity index (χ0) is 15.3. The summed E-state index contributed by atoms with van der Waals surface area (Å²) in [6.07, 6.45) is 3.44. The molecule has 1 aliphatic heterocycles. The van der Waals surface area contributed by atoms with Gasteiger partial charge in [-0.05, 0) is 56.3 Å². The smallest absolute Gasteiger partial charge is 0.0502 e. The number of methoxy groups -OCH3 is 1. The maximum absolute atomic E-state index is 6.14. The monoisotopic (exact) mass is 310 g/mol. The normalized spacial score (nSPS) is 23.0. The minimum atomic E-state index is 0.000239. The predicted molar refractivity (Wildman–Crippen MR) is 88.8 cm³/mol. The fourth-order valence-electron chi connectivity index (χ4n) is 3.28. The number of nitrogens with two attached hydrogens (primary N) is 1. The van der Waals surface area contributed by atoms with Crippen LogP contribution in [0, 0.1) is 5.92 Å². The third-order valence-corrected chi connectivity index (χ3v) is 4.87. The number of likely N-dealkylation sites (tertiary alicyclic amines) is 1. The molecule has 4 heteroatoms. The summed E-state index contributed by atoms with van der Waals surface area (Å²) in [5.41, 5.74) is 7.43. The zero-order valence-electron chi connectivity index (χ0n) is 13.1. The van der Waals surface area contributed by atoms with E-state index in [-0.39, 0.29) is 5.54 Å². The van der Waals surface area contributed by atoms with Crippen LogP contribution in [-0.2, 0) is 11.2 Å². The molecule has 1 heterocycles. The molecule has 2 rings (SSSR count). The molecule has 0 saturated carbocycles. The summed E-state index contributed by atoms with van der Waals surface area (Å²) in [6.45, 7) is 5.99. The SMILES string of the molecule is COCC1CCCN(C(C)(CN)Cc2ccc(Cl)cc2)C1. The number of ether oxygens (including phenoxy) is 1. The number of halogens is 1. The Morgan fingerprint density at radius 3 is 2.71 bits per heavy atom. The molecule has 2 atom stereocenters. The fraction of sp³-hybridized carbons (Fsp3) is 0.647. The molecule has 2 N–H and O–H groups in total. The fourth-order valence-corrected chi connectivity index (χ4v) is 3.41. The van der Waals surface area contributed by atoms with Gasteiger partial charge >= 0.3 is 0 Å². The maximum Gasteiger partial charge on any atom is 0.0502 e. The summed E-state index contributed by atoms with van der Waals surface area (Å²) in [4.78, 5) is 2.55. The van der Waals surface area contributed by atoms with Gasteiger partial charge in [0.1, 0.15) is 0 Å². The van der Waals surface area contributed by atoms with E-state index in [4.69, 9.17) is 22.1 Å². The van der Waals surface area contributed by atoms with Crippen LogP contribution >= 0.6 is 11.6 Å². The molecular weight excluding hydrogens is 284 g/mol. The van der Waals surface area contributed by atoms with Crippen LogP contribution in [0.25, 0.3) is 0 Å². The lowest BCUT2D eigenvalue weighted by Crippen LogP contribution is -2.56.